The Hall–Kier alpha value is -3.67. The van der Waals surface area contributed by atoms with Crippen molar-refractivity contribution in [3.63, 3.8) is 0 Å². The molecule has 31 heavy (non-hydrogen) atoms. The van der Waals surface area contributed by atoms with Crippen molar-refractivity contribution >= 4 is 29.0 Å². The molecule has 3 rings (SSSR count). The van der Waals surface area contributed by atoms with Crippen LogP contribution in [0, 0.1) is 10.1 Å². The molecule has 0 radical (unpaired) electrons. The number of carbonyl (C=O) groups is 1. The molecule has 0 atom stereocenters. The number of esters is 1. The van der Waals surface area contributed by atoms with E-state index >= 15 is 0 Å². The predicted molar refractivity (Wildman–Crippen MR) is 113 cm³/mol. The third-order valence-corrected chi connectivity index (χ3v) is 4.33. The van der Waals surface area contributed by atoms with Crippen molar-refractivity contribution in [2.75, 3.05) is 18.5 Å². The zero-order chi connectivity index (χ0) is 22.6. The lowest BCUT2D eigenvalue weighted by Crippen LogP contribution is -2.33. The maximum Gasteiger partial charge on any atom is 0.373 e. The van der Waals surface area contributed by atoms with Crippen molar-refractivity contribution in [2.45, 2.75) is 26.4 Å². The first-order chi connectivity index (χ1) is 14.6. The summed E-state index contributed by atoms with van der Waals surface area (Å²) < 4.78 is 14.7. The smallest absolute Gasteiger partial charge is 0.373 e. The number of likely N-dealkylation sites (N-methyl/N-ethyl adjacent to an activating group) is 1. The Bertz CT molecular complexity index is 1070. The molecular weight excluding hydrogens is 424 g/mol. The number of nitro groups is 1. The summed E-state index contributed by atoms with van der Waals surface area (Å²) in [5, 5.41) is 17.5. The van der Waals surface area contributed by atoms with Gasteiger partial charge in [0.2, 0.25) is 5.82 Å². The second kappa shape index (κ2) is 9.00. The molecule has 0 amide bonds. The van der Waals surface area contributed by atoms with Crippen molar-refractivity contribution in [3.05, 3.63) is 46.1 Å². The predicted octanol–water partition coefficient (Wildman–Crippen LogP) is 3.47. The van der Waals surface area contributed by atoms with E-state index in [4.69, 9.17) is 9.47 Å². The Morgan fingerprint density at radius 1 is 1.23 bits per heavy atom. The molecule has 2 aromatic heterocycles. The monoisotopic (exact) mass is 444 g/mol. The fraction of sp³-hybridized carbons (Fsp3) is 0.316. The van der Waals surface area contributed by atoms with Gasteiger partial charge in [0.15, 0.2) is 0 Å². The number of ether oxygens (including phenoxy) is 2. The minimum atomic E-state index is -0.676. The van der Waals surface area contributed by atoms with Crippen LogP contribution in [0.2, 0.25) is 0 Å². The molecule has 3 aromatic rings. The molecule has 0 aliphatic heterocycles. The molecule has 0 unspecified atom stereocenters. The zero-order valence-electron chi connectivity index (χ0n) is 17.3. The van der Waals surface area contributed by atoms with Gasteiger partial charge in [0.25, 0.3) is 0 Å². The second-order valence-electron chi connectivity index (χ2n) is 7.47. The third-order valence-electron chi connectivity index (χ3n) is 3.82. The van der Waals surface area contributed by atoms with Gasteiger partial charge >= 0.3 is 17.5 Å². The fourth-order valence-electron chi connectivity index (χ4n) is 2.61. The summed E-state index contributed by atoms with van der Waals surface area (Å²) in [7, 11) is 1.50. The molecule has 12 heteroatoms. The van der Waals surface area contributed by atoms with E-state index in [1.807, 2.05) is 0 Å². The molecule has 0 saturated heterocycles. The summed E-state index contributed by atoms with van der Waals surface area (Å²) >= 11 is 1.24. The van der Waals surface area contributed by atoms with E-state index in [0.717, 1.165) is 17.6 Å². The Morgan fingerprint density at radius 3 is 2.52 bits per heavy atom. The minimum Gasteiger partial charge on any atom is -0.459 e. The van der Waals surface area contributed by atoms with Crippen LogP contribution in [-0.4, -0.2) is 49.6 Å². The Morgan fingerprint density at radius 2 is 1.94 bits per heavy atom. The van der Waals surface area contributed by atoms with E-state index in [-0.39, 0.29) is 18.2 Å². The topological polar surface area (TPSA) is 133 Å². The molecule has 0 aliphatic rings. The van der Waals surface area contributed by atoms with Crippen molar-refractivity contribution in [1.82, 2.24) is 19.6 Å². The van der Waals surface area contributed by atoms with E-state index in [2.05, 4.69) is 19.6 Å². The highest BCUT2D eigenvalue weighted by Gasteiger charge is 2.29. The molecule has 1 aromatic carbocycles. The van der Waals surface area contributed by atoms with Crippen LogP contribution in [0.1, 0.15) is 20.8 Å². The summed E-state index contributed by atoms with van der Waals surface area (Å²) in [6.07, 6.45) is 1.14. The molecule has 0 fully saturated rings. The molecule has 0 bridgehead atoms. The maximum absolute atomic E-state index is 12.1. The number of benzene rings is 1. The van der Waals surface area contributed by atoms with Gasteiger partial charge in [-0.2, -0.15) is 4.98 Å². The molecule has 0 saturated carbocycles. The molecule has 0 N–H and O–H groups in total. The third kappa shape index (κ3) is 5.69. The molecular formula is C19H20N6O5S. The summed E-state index contributed by atoms with van der Waals surface area (Å²) in [4.78, 5) is 32.4. The van der Waals surface area contributed by atoms with Gasteiger partial charge < -0.3 is 14.4 Å². The first-order valence-corrected chi connectivity index (χ1v) is 9.95. The maximum atomic E-state index is 12.1. The fourth-order valence-corrected chi connectivity index (χ4v) is 3.07. The summed E-state index contributed by atoms with van der Waals surface area (Å²) in [6, 6.07) is 6.80. The summed E-state index contributed by atoms with van der Waals surface area (Å²) in [6.45, 7) is 4.98. The molecule has 2 heterocycles. The number of rotatable bonds is 7. The first kappa shape index (κ1) is 22.0. The molecule has 11 nitrogen and oxygen atoms in total. The van der Waals surface area contributed by atoms with Gasteiger partial charge in [-0.15, -0.1) is 5.10 Å². The SMILES string of the molecule is CN(CC(=O)OC(C)(C)C)c1ncnc(Oc2ccc(-c3csnn3)cc2)c1[N+](=O)[O-]. The highest BCUT2D eigenvalue weighted by Crippen LogP contribution is 2.36. The average molecular weight is 444 g/mol. The Balaban J connectivity index is 1.83. The van der Waals surface area contributed by atoms with Crippen LogP contribution in [0.5, 0.6) is 11.6 Å². The van der Waals surface area contributed by atoms with E-state index in [9.17, 15) is 14.9 Å². The van der Waals surface area contributed by atoms with Gasteiger partial charge in [-0.25, -0.2) is 4.98 Å². The zero-order valence-corrected chi connectivity index (χ0v) is 18.1. The van der Waals surface area contributed by atoms with Crippen molar-refractivity contribution < 1.29 is 19.2 Å². The number of nitrogens with zero attached hydrogens (tertiary/aromatic N) is 6. The van der Waals surface area contributed by atoms with Gasteiger partial charge in [0.05, 0.1) is 4.92 Å². The van der Waals surface area contributed by atoms with Crippen LogP contribution in [0.4, 0.5) is 11.5 Å². The number of hydrogen-bond acceptors (Lipinski definition) is 11. The number of hydrogen-bond donors (Lipinski definition) is 0. The number of aromatic nitrogens is 4. The number of carbonyl (C=O) groups excluding carboxylic acids is 1. The second-order valence-corrected chi connectivity index (χ2v) is 8.08. The van der Waals surface area contributed by atoms with Gasteiger partial charge in [0.1, 0.15) is 29.9 Å². The average Bonchev–Trinajstić information content (AvgIpc) is 3.21. The molecule has 0 spiro atoms. The standard InChI is InChI=1S/C19H20N6O5S/c1-19(2,3)30-15(26)9-24(4)17-16(25(27)28)18(21-11-20-17)29-13-7-5-12(6-8-13)14-10-31-23-22-14/h5-8,10-11H,9H2,1-4H3. The van der Waals surface area contributed by atoms with Crippen molar-refractivity contribution in [2.24, 2.45) is 0 Å². The highest BCUT2D eigenvalue weighted by molar-refractivity contribution is 7.03. The van der Waals surface area contributed by atoms with Crippen molar-refractivity contribution in [3.8, 4) is 22.9 Å². The minimum absolute atomic E-state index is 0.0639. The highest BCUT2D eigenvalue weighted by atomic mass is 32.1. The number of anilines is 1. The summed E-state index contributed by atoms with van der Waals surface area (Å²) in [5.74, 6) is -0.507. The van der Waals surface area contributed by atoms with Gasteiger partial charge in [-0.1, -0.05) is 4.49 Å². The first-order valence-electron chi connectivity index (χ1n) is 9.12. The van der Waals surface area contributed by atoms with Crippen LogP contribution in [0.3, 0.4) is 0 Å². The molecule has 0 aliphatic carbocycles. The summed E-state index contributed by atoms with van der Waals surface area (Å²) in [5.41, 5.74) is 0.415. The Kier molecular flexibility index (Phi) is 6.39. The van der Waals surface area contributed by atoms with Crippen LogP contribution >= 0.6 is 11.5 Å². The lowest BCUT2D eigenvalue weighted by molar-refractivity contribution is -0.385. The van der Waals surface area contributed by atoms with Crippen LogP contribution in [0.25, 0.3) is 11.3 Å². The van der Waals surface area contributed by atoms with E-state index in [1.54, 1.807) is 50.4 Å². The van der Waals surface area contributed by atoms with E-state index in [0.29, 0.717) is 5.75 Å². The quantitative estimate of drug-likeness (QED) is 0.303. The van der Waals surface area contributed by atoms with Gasteiger partial charge in [0, 0.05) is 18.0 Å². The normalized spacial score (nSPS) is 11.1. The van der Waals surface area contributed by atoms with E-state index < -0.39 is 22.2 Å². The largest absolute Gasteiger partial charge is 0.459 e. The van der Waals surface area contributed by atoms with Gasteiger partial charge in [-0.05, 0) is 56.6 Å². The Labute approximate surface area is 182 Å². The lowest BCUT2D eigenvalue weighted by atomic mass is 10.2. The lowest BCUT2D eigenvalue weighted by Gasteiger charge is -2.23. The molecule has 162 valence electrons. The van der Waals surface area contributed by atoms with Crippen LogP contribution in [-0.2, 0) is 9.53 Å². The van der Waals surface area contributed by atoms with Crippen LogP contribution < -0.4 is 9.64 Å². The van der Waals surface area contributed by atoms with E-state index in [1.165, 1.54) is 23.5 Å². The van der Waals surface area contributed by atoms with Crippen LogP contribution in [0.15, 0.2) is 36.0 Å². The van der Waals surface area contributed by atoms with Gasteiger partial charge in [-0.3, -0.25) is 14.9 Å². The van der Waals surface area contributed by atoms with Crippen molar-refractivity contribution in [1.29, 1.82) is 0 Å².